The SMILES string of the molecule is NC(CCCCNCCSc1ccccc1)=NO. The van der Waals surface area contributed by atoms with Gasteiger partial charge in [0, 0.05) is 23.6 Å². The number of amidine groups is 1. The molecule has 1 aromatic rings. The summed E-state index contributed by atoms with van der Waals surface area (Å²) in [5, 5.41) is 14.7. The number of rotatable bonds is 9. The number of thioether (sulfide) groups is 1. The fraction of sp³-hybridized carbons (Fsp3) is 0.462. The fourth-order valence-electron chi connectivity index (χ4n) is 1.49. The summed E-state index contributed by atoms with van der Waals surface area (Å²) < 4.78 is 0. The minimum atomic E-state index is 0.314. The zero-order valence-corrected chi connectivity index (χ0v) is 11.3. The van der Waals surface area contributed by atoms with E-state index >= 15 is 0 Å². The van der Waals surface area contributed by atoms with E-state index in [0.717, 1.165) is 31.7 Å². The molecular formula is C13H21N3OS. The molecule has 0 saturated carbocycles. The Morgan fingerprint density at radius 3 is 2.72 bits per heavy atom. The smallest absolute Gasteiger partial charge is 0.139 e. The molecule has 0 bridgehead atoms. The van der Waals surface area contributed by atoms with Crippen molar-refractivity contribution in [3.63, 3.8) is 0 Å². The van der Waals surface area contributed by atoms with Crippen molar-refractivity contribution >= 4 is 17.6 Å². The van der Waals surface area contributed by atoms with E-state index in [-0.39, 0.29) is 0 Å². The molecule has 0 aliphatic heterocycles. The van der Waals surface area contributed by atoms with Crippen molar-refractivity contribution in [1.82, 2.24) is 5.32 Å². The number of unbranched alkanes of at least 4 members (excludes halogenated alkanes) is 1. The fourth-order valence-corrected chi connectivity index (χ4v) is 2.32. The standard InChI is InChI=1S/C13H21N3OS/c14-13(16-17)8-4-5-9-15-10-11-18-12-6-2-1-3-7-12/h1-3,6-7,15,17H,4-5,8-11H2,(H2,14,16). The molecule has 0 atom stereocenters. The topological polar surface area (TPSA) is 70.6 Å². The van der Waals surface area contributed by atoms with Crippen LogP contribution in [0.3, 0.4) is 0 Å². The van der Waals surface area contributed by atoms with Crippen molar-refractivity contribution in [2.24, 2.45) is 10.9 Å². The van der Waals surface area contributed by atoms with Gasteiger partial charge in [-0.25, -0.2) is 0 Å². The highest BCUT2D eigenvalue weighted by Gasteiger charge is 1.95. The van der Waals surface area contributed by atoms with Gasteiger partial charge in [-0.1, -0.05) is 23.4 Å². The van der Waals surface area contributed by atoms with Gasteiger partial charge in [-0.3, -0.25) is 0 Å². The van der Waals surface area contributed by atoms with Crippen molar-refractivity contribution in [2.75, 3.05) is 18.8 Å². The number of benzene rings is 1. The maximum absolute atomic E-state index is 8.36. The van der Waals surface area contributed by atoms with E-state index in [0.29, 0.717) is 12.3 Å². The largest absolute Gasteiger partial charge is 0.409 e. The Hall–Kier alpha value is -1.20. The Kier molecular flexibility index (Phi) is 8.08. The quantitative estimate of drug-likeness (QED) is 0.160. The van der Waals surface area contributed by atoms with E-state index in [2.05, 4.69) is 34.7 Å². The predicted octanol–water partition coefficient (Wildman–Crippen LogP) is 2.29. The van der Waals surface area contributed by atoms with E-state index in [1.165, 1.54) is 4.90 Å². The molecule has 0 heterocycles. The molecule has 0 radical (unpaired) electrons. The van der Waals surface area contributed by atoms with Gasteiger partial charge < -0.3 is 16.3 Å². The molecule has 0 aliphatic carbocycles. The minimum Gasteiger partial charge on any atom is -0.409 e. The maximum Gasteiger partial charge on any atom is 0.139 e. The number of hydrogen-bond acceptors (Lipinski definition) is 4. The molecule has 0 saturated heterocycles. The molecule has 0 aliphatic rings. The molecule has 4 nitrogen and oxygen atoms in total. The molecule has 4 N–H and O–H groups in total. The van der Waals surface area contributed by atoms with Crippen molar-refractivity contribution in [1.29, 1.82) is 0 Å². The summed E-state index contributed by atoms with van der Waals surface area (Å²) in [6, 6.07) is 10.4. The Bertz CT molecular complexity index is 343. The summed E-state index contributed by atoms with van der Waals surface area (Å²) in [6.07, 6.45) is 2.66. The second-order valence-electron chi connectivity index (χ2n) is 3.96. The number of nitrogens with zero attached hydrogens (tertiary/aromatic N) is 1. The second-order valence-corrected chi connectivity index (χ2v) is 5.13. The van der Waals surface area contributed by atoms with Gasteiger partial charge in [0.2, 0.25) is 0 Å². The van der Waals surface area contributed by atoms with Crippen LogP contribution in [0.5, 0.6) is 0 Å². The van der Waals surface area contributed by atoms with E-state index < -0.39 is 0 Å². The molecule has 0 spiro atoms. The highest BCUT2D eigenvalue weighted by molar-refractivity contribution is 7.99. The van der Waals surface area contributed by atoms with Crippen LogP contribution >= 0.6 is 11.8 Å². The molecule has 1 rings (SSSR count). The first-order valence-electron chi connectivity index (χ1n) is 6.18. The lowest BCUT2D eigenvalue weighted by atomic mass is 10.2. The van der Waals surface area contributed by atoms with Gasteiger partial charge in [-0.2, -0.15) is 0 Å². The number of nitrogens with one attached hydrogen (secondary N) is 1. The molecule has 0 aromatic heterocycles. The molecule has 1 aromatic carbocycles. The third-order valence-corrected chi connectivity index (χ3v) is 3.47. The van der Waals surface area contributed by atoms with E-state index in [9.17, 15) is 0 Å². The van der Waals surface area contributed by atoms with Gasteiger partial charge in [0.15, 0.2) is 0 Å². The van der Waals surface area contributed by atoms with Crippen LogP contribution in [-0.4, -0.2) is 29.9 Å². The lowest BCUT2D eigenvalue weighted by Crippen LogP contribution is -2.19. The molecule has 100 valence electrons. The van der Waals surface area contributed by atoms with Crippen LogP contribution in [0.25, 0.3) is 0 Å². The van der Waals surface area contributed by atoms with Crippen LogP contribution in [0, 0.1) is 0 Å². The number of hydrogen-bond donors (Lipinski definition) is 3. The summed E-state index contributed by atoms with van der Waals surface area (Å²) in [7, 11) is 0. The summed E-state index contributed by atoms with van der Waals surface area (Å²) in [6.45, 7) is 1.98. The Labute approximate surface area is 113 Å². The van der Waals surface area contributed by atoms with Crippen molar-refractivity contribution < 1.29 is 5.21 Å². The van der Waals surface area contributed by atoms with Crippen LogP contribution in [0.1, 0.15) is 19.3 Å². The van der Waals surface area contributed by atoms with Crippen molar-refractivity contribution in [3.05, 3.63) is 30.3 Å². The van der Waals surface area contributed by atoms with Crippen LogP contribution in [0.2, 0.25) is 0 Å². The van der Waals surface area contributed by atoms with E-state index in [1.54, 1.807) is 0 Å². The number of nitrogens with two attached hydrogens (primary N) is 1. The Balaban J connectivity index is 1.90. The first-order valence-corrected chi connectivity index (χ1v) is 7.16. The minimum absolute atomic E-state index is 0.314. The summed E-state index contributed by atoms with van der Waals surface area (Å²) in [5.74, 6) is 1.39. The average Bonchev–Trinajstić information content (AvgIpc) is 2.42. The van der Waals surface area contributed by atoms with Gasteiger partial charge >= 0.3 is 0 Å². The van der Waals surface area contributed by atoms with E-state index in [4.69, 9.17) is 10.9 Å². The zero-order chi connectivity index (χ0) is 13.1. The highest BCUT2D eigenvalue weighted by Crippen LogP contribution is 2.15. The molecule has 18 heavy (non-hydrogen) atoms. The van der Waals surface area contributed by atoms with Gasteiger partial charge in [0.25, 0.3) is 0 Å². The van der Waals surface area contributed by atoms with Crippen LogP contribution < -0.4 is 11.1 Å². The van der Waals surface area contributed by atoms with E-state index in [1.807, 2.05) is 17.8 Å². The third kappa shape index (κ3) is 7.19. The van der Waals surface area contributed by atoms with Gasteiger partial charge in [-0.15, -0.1) is 11.8 Å². The normalized spacial score (nSPS) is 11.7. The van der Waals surface area contributed by atoms with Crippen LogP contribution in [0.15, 0.2) is 40.4 Å². The molecule has 0 unspecified atom stereocenters. The highest BCUT2D eigenvalue weighted by atomic mass is 32.2. The maximum atomic E-state index is 8.36. The second kappa shape index (κ2) is 9.79. The molecule has 0 fully saturated rings. The van der Waals surface area contributed by atoms with Crippen LogP contribution in [-0.2, 0) is 0 Å². The van der Waals surface area contributed by atoms with Gasteiger partial charge in [-0.05, 0) is 31.5 Å². The predicted molar refractivity (Wildman–Crippen MR) is 77.3 cm³/mol. The summed E-state index contributed by atoms with van der Waals surface area (Å²) in [4.78, 5) is 1.31. The van der Waals surface area contributed by atoms with Crippen molar-refractivity contribution in [2.45, 2.75) is 24.2 Å². The first-order chi connectivity index (χ1) is 8.83. The van der Waals surface area contributed by atoms with Crippen LogP contribution in [0.4, 0.5) is 0 Å². The molecular weight excluding hydrogens is 246 g/mol. The number of oxime groups is 1. The zero-order valence-electron chi connectivity index (χ0n) is 10.5. The Morgan fingerprint density at radius 1 is 1.22 bits per heavy atom. The first kappa shape index (κ1) is 14.9. The molecule has 0 amide bonds. The molecule has 5 heteroatoms. The average molecular weight is 267 g/mol. The van der Waals surface area contributed by atoms with Crippen molar-refractivity contribution in [3.8, 4) is 0 Å². The summed E-state index contributed by atoms with van der Waals surface area (Å²) in [5.41, 5.74) is 5.38. The third-order valence-electron chi connectivity index (χ3n) is 2.46. The lowest BCUT2D eigenvalue weighted by Gasteiger charge is -2.04. The van der Waals surface area contributed by atoms with Gasteiger partial charge in [0.1, 0.15) is 5.84 Å². The monoisotopic (exact) mass is 267 g/mol. The van der Waals surface area contributed by atoms with Gasteiger partial charge in [0.05, 0.1) is 0 Å². The summed E-state index contributed by atoms with van der Waals surface area (Å²) >= 11 is 1.86. The lowest BCUT2D eigenvalue weighted by molar-refractivity contribution is 0.316. The Morgan fingerprint density at radius 2 is 2.00 bits per heavy atom.